The van der Waals surface area contributed by atoms with Gasteiger partial charge in [-0.15, -0.1) is 11.3 Å². The molecule has 4 aromatic rings. The van der Waals surface area contributed by atoms with Crippen molar-refractivity contribution in [3.8, 4) is 16.9 Å². The molecule has 6 nitrogen and oxygen atoms in total. The first kappa shape index (κ1) is 21.5. The number of hydrogen-bond acceptors (Lipinski definition) is 4. The Kier molecular flexibility index (Phi) is 6.13. The Hall–Kier alpha value is -3.78. The molecule has 0 fully saturated rings. The van der Waals surface area contributed by atoms with E-state index in [1.165, 1.54) is 34.3 Å². The minimum atomic E-state index is -1.12. The molecule has 0 aliphatic carbocycles. The summed E-state index contributed by atoms with van der Waals surface area (Å²) < 4.78 is 14.8. The summed E-state index contributed by atoms with van der Waals surface area (Å²) in [6.07, 6.45) is 1.71. The van der Waals surface area contributed by atoms with E-state index in [1.807, 2.05) is 48.7 Å². The molecule has 0 bridgehead atoms. The summed E-state index contributed by atoms with van der Waals surface area (Å²) in [5, 5.41) is 18.7. The van der Waals surface area contributed by atoms with E-state index in [4.69, 9.17) is 0 Å². The van der Waals surface area contributed by atoms with E-state index in [0.29, 0.717) is 16.9 Å². The molecule has 0 spiro atoms. The number of rotatable bonds is 7. The second-order valence-electron chi connectivity index (χ2n) is 7.33. The van der Waals surface area contributed by atoms with Gasteiger partial charge in [-0.05, 0) is 42.6 Å². The smallest absolute Gasteiger partial charge is 0.326 e. The number of aryl methyl sites for hydroxylation is 1. The van der Waals surface area contributed by atoms with Gasteiger partial charge in [-0.1, -0.05) is 35.9 Å². The van der Waals surface area contributed by atoms with Crippen molar-refractivity contribution in [2.75, 3.05) is 0 Å². The van der Waals surface area contributed by atoms with E-state index in [2.05, 4.69) is 10.4 Å². The van der Waals surface area contributed by atoms with Gasteiger partial charge >= 0.3 is 5.97 Å². The van der Waals surface area contributed by atoms with Gasteiger partial charge in [0.2, 0.25) is 0 Å². The van der Waals surface area contributed by atoms with Crippen LogP contribution < -0.4 is 5.32 Å². The van der Waals surface area contributed by atoms with Crippen LogP contribution in [0.1, 0.15) is 20.8 Å². The predicted molar refractivity (Wildman–Crippen MR) is 121 cm³/mol. The van der Waals surface area contributed by atoms with Gasteiger partial charge in [-0.2, -0.15) is 5.10 Å². The average Bonchev–Trinajstić information content (AvgIpc) is 3.44. The minimum Gasteiger partial charge on any atom is -0.480 e. The Bertz CT molecular complexity index is 1230. The Balaban J connectivity index is 1.70. The first-order valence-electron chi connectivity index (χ1n) is 9.89. The molecule has 2 aromatic heterocycles. The van der Waals surface area contributed by atoms with Crippen molar-refractivity contribution in [3.63, 3.8) is 0 Å². The number of carbonyl (C=O) groups is 2. The number of thiophene rings is 1. The molecule has 0 saturated carbocycles. The number of halogens is 1. The first-order chi connectivity index (χ1) is 15.4. The number of amides is 1. The quantitative estimate of drug-likeness (QED) is 0.436. The second-order valence-corrected chi connectivity index (χ2v) is 8.36. The number of hydrogen-bond donors (Lipinski definition) is 2. The van der Waals surface area contributed by atoms with E-state index in [1.54, 1.807) is 12.1 Å². The number of aliphatic carboxylic acids is 1. The monoisotopic (exact) mass is 449 g/mol. The zero-order chi connectivity index (χ0) is 22.7. The van der Waals surface area contributed by atoms with Crippen LogP contribution in [0, 0.1) is 12.7 Å². The van der Waals surface area contributed by atoms with E-state index >= 15 is 0 Å². The molecule has 1 unspecified atom stereocenters. The number of benzene rings is 2. The van der Waals surface area contributed by atoms with Gasteiger partial charge in [-0.3, -0.25) is 4.79 Å². The lowest BCUT2D eigenvalue weighted by Crippen LogP contribution is -2.42. The molecule has 0 aliphatic heterocycles. The van der Waals surface area contributed by atoms with Crippen LogP contribution in [0.2, 0.25) is 0 Å². The van der Waals surface area contributed by atoms with Crippen molar-refractivity contribution in [1.29, 1.82) is 0 Å². The van der Waals surface area contributed by atoms with Crippen LogP contribution in [0.5, 0.6) is 0 Å². The Labute approximate surface area is 188 Å². The van der Waals surface area contributed by atoms with Crippen molar-refractivity contribution < 1.29 is 19.1 Å². The highest BCUT2D eigenvalue weighted by molar-refractivity contribution is 7.09. The van der Waals surface area contributed by atoms with Gasteiger partial charge in [0, 0.05) is 23.1 Å². The highest BCUT2D eigenvalue weighted by Crippen LogP contribution is 2.25. The zero-order valence-corrected chi connectivity index (χ0v) is 18.0. The molecule has 2 N–H and O–H groups in total. The van der Waals surface area contributed by atoms with Gasteiger partial charge in [0.05, 0.1) is 11.3 Å². The molecule has 2 aromatic carbocycles. The third-order valence-corrected chi connectivity index (χ3v) is 5.86. The number of nitrogens with zero attached hydrogens (tertiary/aromatic N) is 2. The lowest BCUT2D eigenvalue weighted by atomic mass is 10.1. The number of carboxylic acids is 1. The zero-order valence-electron chi connectivity index (χ0n) is 17.2. The number of carboxylic acid groups (broad SMARTS) is 1. The van der Waals surface area contributed by atoms with Gasteiger partial charge in [0.15, 0.2) is 0 Å². The fourth-order valence-electron chi connectivity index (χ4n) is 3.26. The highest BCUT2D eigenvalue weighted by atomic mass is 32.1. The van der Waals surface area contributed by atoms with E-state index in [0.717, 1.165) is 10.4 Å². The van der Waals surface area contributed by atoms with Gasteiger partial charge < -0.3 is 10.4 Å². The van der Waals surface area contributed by atoms with E-state index in [9.17, 15) is 19.1 Å². The fourth-order valence-corrected chi connectivity index (χ4v) is 4.01. The third kappa shape index (κ3) is 4.76. The molecular weight excluding hydrogens is 429 g/mol. The third-order valence-electron chi connectivity index (χ3n) is 4.96. The molecule has 4 rings (SSSR count). The molecule has 1 amide bonds. The Morgan fingerprint density at radius 3 is 2.47 bits per heavy atom. The summed E-state index contributed by atoms with van der Waals surface area (Å²) >= 11 is 1.43. The van der Waals surface area contributed by atoms with Gasteiger partial charge in [-0.25, -0.2) is 13.9 Å². The molecule has 8 heteroatoms. The number of aromatic nitrogens is 2. The maximum Gasteiger partial charge on any atom is 0.326 e. The standard InChI is InChI=1S/C24H20FN3O3S/c1-15-4-6-16(7-5-15)22-20(14-28(27-22)18-10-8-17(25)9-11-18)23(29)26-21(24(30)31)13-19-3-2-12-32-19/h2-12,14,21H,13H2,1H3,(H,26,29)(H,30,31). The summed E-state index contributed by atoms with van der Waals surface area (Å²) in [5.74, 6) is -2.04. The largest absolute Gasteiger partial charge is 0.480 e. The molecule has 162 valence electrons. The summed E-state index contributed by atoms with van der Waals surface area (Å²) in [6, 6.07) is 15.8. The van der Waals surface area contributed by atoms with Crippen molar-refractivity contribution in [1.82, 2.24) is 15.1 Å². The van der Waals surface area contributed by atoms with Crippen LogP contribution in [0.4, 0.5) is 4.39 Å². The second kappa shape index (κ2) is 9.15. The maximum atomic E-state index is 13.3. The fraction of sp³-hybridized carbons (Fsp3) is 0.125. The molecule has 0 aliphatic rings. The van der Waals surface area contributed by atoms with Crippen LogP contribution in [-0.4, -0.2) is 32.8 Å². The SMILES string of the molecule is Cc1ccc(-c2nn(-c3ccc(F)cc3)cc2C(=O)NC(Cc2cccs2)C(=O)O)cc1. The Morgan fingerprint density at radius 1 is 1.12 bits per heavy atom. The summed E-state index contributed by atoms with van der Waals surface area (Å²) in [7, 11) is 0. The summed E-state index contributed by atoms with van der Waals surface area (Å²) in [5.41, 5.74) is 2.99. The highest BCUT2D eigenvalue weighted by Gasteiger charge is 2.25. The number of nitrogens with one attached hydrogen (secondary N) is 1. The van der Waals surface area contributed by atoms with Crippen LogP contribution in [0.15, 0.2) is 72.2 Å². The lowest BCUT2D eigenvalue weighted by Gasteiger charge is -2.13. The van der Waals surface area contributed by atoms with Gasteiger partial charge in [0.25, 0.3) is 5.91 Å². The minimum absolute atomic E-state index is 0.185. The van der Waals surface area contributed by atoms with Crippen molar-refractivity contribution in [3.05, 3.63) is 94.1 Å². The molecular formula is C24H20FN3O3S. The predicted octanol–water partition coefficient (Wildman–Crippen LogP) is 4.47. The molecule has 2 heterocycles. The molecule has 0 radical (unpaired) electrons. The van der Waals surface area contributed by atoms with Crippen LogP contribution in [-0.2, 0) is 11.2 Å². The molecule has 32 heavy (non-hydrogen) atoms. The van der Waals surface area contributed by atoms with Crippen molar-refractivity contribution >= 4 is 23.2 Å². The van der Waals surface area contributed by atoms with Gasteiger partial charge in [0.1, 0.15) is 17.6 Å². The van der Waals surface area contributed by atoms with Crippen LogP contribution in [0.3, 0.4) is 0 Å². The summed E-state index contributed by atoms with van der Waals surface area (Å²) in [6.45, 7) is 1.95. The van der Waals surface area contributed by atoms with Crippen molar-refractivity contribution in [2.45, 2.75) is 19.4 Å². The normalized spacial score (nSPS) is 11.8. The lowest BCUT2D eigenvalue weighted by molar-refractivity contribution is -0.139. The average molecular weight is 450 g/mol. The Morgan fingerprint density at radius 2 is 1.84 bits per heavy atom. The number of carbonyl (C=O) groups excluding carboxylic acids is 1. The first-order valence-corrected chi connectivity index (χ1v) is 10.8. The van der Waals surface area contributed by atoms with Crippen LogP contribution in [0.25, 0.3) is 16.9 Å². The molecule has 0 saturated heterocycles. The molecule has 1 atom stereocenters. The summed E-state index contributed by atoms with van der Waals surface area (Å²) in [4.78, 5) is 25.8. The van der Waals surface area contributed by atoms with E-state index in [-0.39, 0.29) is 17.8 Å². The maximum absolute atomic E-state index is 13.3. The van der Waals surface area contributed by atoms with Crippen molar-refractivity contribution in [2.24, 2.45) is 0 Å². The van der Waals surface area contributed by atoms with E-state index < -0.39 is 17.9 Å². The van der Waals surface area contributed by atoms with Crippen LogP contribution >= 0.6 is 11.3 Å². The topological polar surface area (TPSA) is 84.2 Å².